The molecule has 1 amide bonds. The van der Waals surface area contributed by atoms with E-state index in [1.807, 2.05) is 0 Å². The Balaban J connectivity index is 1.54. The molecule has 3 atom stereocenters. The number of likely N-dealkylation sites (tertiary alicyclic amines) is 1. The molecule has 2 saturated heterocycles. The number of aliphatic imine (C=N–C) groups is 1. The van der Waals surface area contributed by atoms with Gasteiger partial charge in [0, 0.05) is 50.7 Å². The van der Waals surface area contributed by atoms with Gasteiger partial charge in [0.2, 0.25) is 5.91 Å². The lowest BCUT2D eigenvalue weighted by molar-refractivity contribution is -0.134. The Hall–Kier alpha value is -1.30. The fourth-order valence-electron chi connectivity index (χ4n) is 5.22. The van der Waals surface area contributed by atoms with Gasteiger partial charge in [-0.15, -0.1) is 0 Å². The molecule has 0 aromatic heterocycles. The summed E-state index contributed by atoms with van der Waals surface area (Å²) in [6.07, 6.45) is 8.14. The number of rotatable bonds is 5. The van der Waals surface area contributed by atoms with E-state index in [1.54, 1.807) is 0 Å². The fraction of sp³-hybridized carbons (Fsp3) is 0.913. The van der Waals surface area contributed by atoms with Crippen LogP contribution in [0.1, 0.15) is 72.6 Å². The molecular weight excluding hydrogens is 364 g/mol. The van der Waals surface area contributed by atoms with Gasteiger partial charge in [0.15, 0.2) is 5.96 Å². The molecule has 6 heteroatoms. The van der Waals surface area contributed by atoms with Crippen LogP contribution in [0.15, 0.2) is 4.99 Å². The van der Waals surface area contributed by atoms with E-state index in [0.29, 0.717) is 17.9 Å². The monoisotopic (exact) mass is 406 g/mol. The molecule has 0 bridgehead atoms. The van der Waals surface area contributed by atoms with E-state index in [9.17, 15) is 4.79 Å². The molecule has 3 unspecified atom stereocenters. The zero-order valence-electron chi connectivity index (χ0n) is 19.0. The van der Waals surface area contributed by atoms with Gasteiger partial charge >= 0.3 is 0 Å². The summed E-state index contributed by atoms with van der Waals surface area (Å²) in [7, 11) is 0. The Morgan fingerprint density at radius 3 is 2.59 bits per heavy atom. The molecule has 3 rings (SSSR count). The van der Waals surface area contributed by atoms with Crippen molar-refractivity contribution in [2.45, 2.75) is 84.8 Å². The second-order valence-corrected chi connectivity index (χ2v) is 10.2. The Labute approximate surface area is 177 Å². The summed E-state index contributed by atoms with van der Waals surface area (Å²) in [6.45, 7) is 13.1. The molecule has 0 aromatic rings. The van der Waals surface area contributed by atoms with Crippen molar-refractivity contribution in [1.82, 2.24) is 15.5 Å². The summed E-state index contributed by atoms with van der Waals surface area (Å²) in [5, 5.41) is 6.99. The van der Waals surface area contributed by atoms with Gasteiger partial charge < -0.3 is 20.3 Å². The summed E-state index contributed by atoms with van der Waals surface area (Å²) >= 11 is 0. The first-order valence-corrected chi connectivity index (χ1v) is 11.8. The van der Waals surface area contributed by atoms with Crippen molar-refractivity contribution in [1.29, 1.82) is 0 Å². The second kappa shape index (κ2) is 10.1. The average Bonchev–Trinajstić information content (AvgIpc) is 3.37. The van der Waals surface area contributed by atoms with E-state index in [2.05, 4.69) is 43.2 Å². The number of nitrogens with one attached hydrogen (secondary N) is 2. The van der Waals surface area contributed by atoms with Crippen LogP contribution in [0.3, 0.4) is 0 Å². The highest BCUT2D eigenvalue weighted by atomic mass is 16.5. The van der Waals surface area contributed by atoms with Crippen molar-refractivity contribution in [3.05, 3.63) is 0 Å². The number of hydrogen-bond acceptors (Lipinski definition) is 3. The van der Waals surface area contributed by atoms with Crippen molar-refractivity contribution in [3.63, 3.8) is 0 Å². The Bertz CT molecular complexity index is 566. The lowest BCUT2D eigenvalue weighted by Gasteiger charge is -2.39. The standard InChI is InChI=1S/C23H42N4O2/c1-5-24-22(25-15-18-11-8-14-29-20(18)23(2,3)4)26-19-12-13-27(16-19)21(28)17-9-6-7-10-17/h17-20H,5-16H2,1-4H3,(H2,24,25,26). The molecular formula is C23H42N4O2. The summed E-state index contributed by atoms with van der Waals surface area (Å²) in [5.41, 5.74) is 0.138. The molecule has 3 aliphatic rings. The highest BCUT2D eigenvalue weighted by molar-refractivity contribution is 5.81. The first-order chi connectivity index (χ1) is 13.9. The van der Waals surface area contributed by atoms with E-state index in [-0.39, 0.29) is 17.4 Å². The molecule has 29 heavy (non-hydrogen) atoms. The zero-order valence-corrected chi connectivity index (χ0v) is 19.0. The first kappa shape index (κ1) is 22.4. The van der Waals surface area contributed by atoms with Crippen molar-refractivity contribution >= 4 is 11.9 Å². The van der Waals surface area contributed by atoms with E-state index < -0.39 is 0 Å². The van der Waals surface area contributed by atoms with Crippen molar-refractivity contribution in [3.8, 4) is 0 Å². The minimum absolute atomic E-state index is 0.138. The number of guanidine groups is 1. The van der Waals surface area contributed by atoms with Gasteiger partial charge in [-0.1, -0.05) is 33.6 Å². The van der Waals surface area contributed by atoms with Crippen LogP contribution < -0.4 is 10.6 Å². The second-order valence-electron chi connectivity index (χ2n) is 10.2. The number of amides is 1. The zero-order chi connectivity index (χ0) is 20.9. The Morgan fingerprint density at radius 2 is 1.90 bits per heavy atom. The van der Waals surface area contributed by atoms with Crippen LogP contribution in [0.2, 0.25) is 0 Å². The van der Waals surface area contributed by atoms with E-state index in [1.165, 1.54) is 19.3 Å². The molecule has 0 radical (unpaired) electrons. The van der Waals surface area contributed by atoms with Gasteiger partial charge in [-0.3, -0.25) is 9.79 Å². The van der Waals surface area contributed by atoms with E-state index >= 15 is 0 Å². The van der Waals surface area contributed by atoms with Crippen LogP contribution in [0.25, 0.3) is 0 Å². The molecule has 1 saturated carbocycles. The highest BCUT2D eigenvalue weighted by Crippen LogP contribution is 2.34. The molecule has 0 spiro atoms. The number of carbonyl (C=O) groups is 1. The topological polar surface area (TPSA) is 66.0 Å². The maximum Gasteiger partial charge on any atom is 0.225 e. The summed E-state index contributed by atoms with van der Waals surface area (Å²) in [5.74, 6) is 1.99. The number of carbonyl (C=O) groups excluding carboxylic acids is 1. The predicted octanol–water partition coefficient (Wildman–Crippen LogP) is 3.17. The van der Waals surface area contributed by atoms with Gasteiger partial charge in [-0.2, -0.15) is 0 Å². The third-order valence-corrected chi connectivity index (χ3v) is 6.67. The van der Waals surface area contributed by atoms with Gasteiger partial charge in [-0.05, 0) is 44.4 Å². The number of hydrogen-bond donors (Lipinski definition) is 2. The van der Waals surface area contributed by atoms with Gasteiger partial charge in [-0.25, -0.2) is 0 Å². The van der Waals surface area contributed by atoms with Crippen molar-refractivity contribution < 1.29 is 9.53 Å². The largest absolute Gasteiger partial charge is 0.377 e. The van der Waals surface area contributed by atoms with Crippen LogP contribution in [-0.2, 0) is 9.53 Å². The molecule has 2 N–H and O–H groups in total. The maximum absolute atomic E-state index is 12.7. The van der Waals surface area contributed by atoms with Crippen molar-refractivity contribution in [2.75, 3.05) is 32.8 Å². The number of ether oxygens (including phenoxy) is 1. The van der Waals surface area contributed by atoms with Gasteiger partial charge in [0.25, 0.3) is 0 Å². The predicted molar refractivity (Wildman–Crippen MR) is 118 cm³/mol. The lowest BCUT2D eigenvalue weighted by Crippen LogP contribution is -2.46. The lowest BCUT2D eigenvalue weighted by atomic mass is 9.78. The van der Waals surface area contributed by atoms with Crippen LogP contribution in [0, 0.1) is 17.3 Å². The molecule has 2 heterocycles. The quantitative estimate of drug-likeness (QED) is 0.544. The van der Waals surface area contributed by atoms with Gasteiger partial charge in [0.1, 0.15) is 0 Å². The summed E-state index contributed by atoms with van der Waals surface area (Å²) in [6, 6.07) is 0.291. The first-order valence-electron chi connectivity index (χ1n) is 11.8. The Morgan fingerprint density at radius 1 is 1.14 bits per heavy atom. The minimum Gasteiger partial charge on any atom is -0.377 e. The average molecular weight is 407 g/mol. The Kier molecular flexibility index (Phi) is 7.83. The SMILES string of the molecule is CCNC(=NCC1CCCOC1C(C)(C)C)NC1CCN(C(=O)C2CCCC2)C1. The van der Waals surface area contributed by atoms with Gasteiger partial charge in [0.05, 0.1) is 6.10 Å². The number of nitrogens with zero attached hydrogens (tertiary/aromatic N) is 2. The molecule has 6 nitrogen and oxygen atoms in total. The third-order valence-electron chi connectivity index (χ3n) is 6.67. The van der Waals surface area contributed by atoms with E-state index in [4.69, 9.17) is 9.73 Å². The fourth-order valence-corrected chi connectivity index (χ4v) is 5.22. The van der Waals surface area contributed by atoms with E-state index in [0.717, 1.165) is 64.4 Å². The molecule has 0 aromatic carbocycles. The smallest absolute Gasteiger partial charge is 0.225 e. The summed E-state index contributed by atoms with van der Waals surface area (Å²) < 4.78 is 6.12. The molecule has 166 valence electrons. The normalized spacial score (nSPS) is 29.3. The van der Waals surface area contributed by atoms with Crippen LogP contribution in [-0.4, -0.2) is 61.7 Å². The third kappa shape index (κ3) is 6.09. The van der Waals surface area contributed by atoms with Crippen LogP contribution >= 0.6 is 0 Å². The van der Waals surface area contributed by atoms with Crippen LogP contribution in [0.4, 0.5) is 0 Å². The molecule has 2 aliphatic heterocycles. The molecule has 1 aliphatic carbocycles. The maximum atomic E-state index is 12.7. The van der Waals surface area contributed by atoms with Crippen molar-refractivity contribution in [2.24, 2.45) is 22.2 Å². The molecule has 3 fully saturated rings. The minimum atomic E-state index is 0.138. The highest BCUT2D eigenvalue weighted by Gasteiger charge is 2.36. The summed E-state index contributed by atoms with van der Waals surface area (Å²) in [4.78, 5) is 19.7. The van der Waals surface area contributed by atoms with Crippen LogP contribution in [0.5, 0.6) is 0 Å².